The van der Waals surface area contributed by atoms with Gasteiger partial charge in [0.15, 0.2) is 17.4 Å². The van der Waals surface area contributed by atoms with Gasteiger partial charge in [0.1, 0.15) is 5.76 Å². The molecular formula is C17H17FN4O3. The molecule has 25 heavy (non-hydrogen) atoms. The van der Waals surface area contributed by atoms with Crippen molar-refractivity contribution in [2.75, 3.05) is 7.05 Å². The van der Waals surface area contributed by atoms with Crippen molar-refractivity contribution in [1.29, 1.82) is 0 Å². The van der Waals surface area contributed by atoms with Crippen LogP contribution in [-0.2, 0) is 0 Å². The number of aromatic amines is 1. The SMILES string of the molecule is CN=C(NO)c1[nH]cc(-c2ccc(O)c(F)c2)c1-c1c(C)noc1C. The summed E-state index contributed by atoms with van der Waals surface area (Å²) in [6, 6.07) is 4.12. The Bertz CT molecular complexity index is 939. The van der Waals surface area contributed by atoms with Crippen molar-refractivity contribution >= 4 is 5.84 Å². The van der Waals surface area contributed by atoms with Gasteiger partial charge in [0.25, 0.3) is 0 Å². The van der Waals surface area contributed by atoms with Gasteiger partial charge in [0.05, 0.1) is 17.0 Å². The summed E-state index contributed by atoms with van der Waals surface area (Å²) in [5.41, 5.74) is 5.77. The van der Waals surface area contributed by atoms with Crippen LogP contribution in [0.1, 0.15) is 17.1 Å². The normalized spacial score (nSPS) is 11.8. The lowest BCUT2D eigenvalue weighted by atomic mass is 9.95. The second-order valence-corrected chi connectivity index (χ2v) is 5.50. The number of aryl methyl sites for hydroxylation is 2. The fraction of sp³-hybridized carbons (Fsp3) is 0.176. The molecule has 0 aliphatic heterocycles. The molecule has 0 spiro atoms. The standard InChI is InChI=1S/C17H17FN4O3/c1-8-14(9(2)25-22-8)15-11(7-20-16(15)17(19-3)21-24)10-4-5-13(23)12(18)6-10/h4-7,20,23-24H,1-3H3,(H,19,21). The van der Waals surface area contributed by atoms with E-state index in [4.69, 9.17) is 4.52 Å². The summed E-state index contributed by atoms with van der Waals surface area (Å²) in [4.78, 5) is 7.05. The molecule has 7 nitrogen and oxygen atoms in total. The van der Waals surface area contributed by atoms with Gasteiger partial charge in [0, 0.05) is 24.4 Å². The number of aromatic hydroxyl groups is 1. The zero-order valence-corrected chi connectivity index (χ0v) is 13.9. The highest BCUT2D eigenvalue weighted by Crippen LogP contribution is 2.39. The number of hydroxylamine groups is 1. The van der Waals surface area contributed by atoms with Crippen LogP contribution in [-0.4, -0.2) is 33.3 Å². The molecule has 0 aliphatic rings. The third-order valence-electron chi connectivity index (χ3n) is 3.99. The van der Waals surface area contributed by atoms with Crippen LogP contribution in [0.15, 0.2) is 33.9 Å². The summed E-state index contributed by atoms with van der Waals surface area (Å²) in [5.74, 6) is -0.367. The largest absolute Gasteiger partial charge is 0.505 e. The highest BCUT2D eigenvalue weighted by molar-refractivity contribution is 6.06. The van der Waals surface area contributed by atoms with Crippen LogP contribution in [0, 0.1) is 19.7 Å². The average Bonchev–Trinajstić information content (AvgIpc) is 3.15. The summed E-state index contributed by atoms with van der Waals surface area (Å²) < 4.78 is 19.1. The Morgan fingerprint density at radius 1 is 1.32 bits per heavy atom. The Morgan fingerprint density at radius 3 is 2.64 bits per heavy atom. The van der Waals surface area contributed by atoms with E-state index in [1.165, 1.54) is 19.2 Å². The van der Waals surface area contributed by atoms with Crippen molar-refractivity contribution in [2.24, 2.45) is 4.99 Å². The van der Waals surface area contributed by atoms with Gasteiger partial charge in [-0.2, -0.15) is 0 Å². The van der Waals surface area contributed by atoms with Crippen molar-refractivity contribution in [1.82, 2.24) is 15.6 Å². The Morgan fingerprint density at radius 2 is 2.08 bits per heavy atom. The van der Waals surface area contributed by atoms with E-state index in [1.54, 1.807) is 26.1 Å². The molecule has 8 heteroatoms. The summed E-state index contributed by atoms with van der Waals surface area (Å²) in [6.45, 7) is 3.56. The summed E-state index contributed by atoms with van der Waals surface area (Å²) >= 11 is 0. The summed E-state index contributed by atoms with van der Waals surface area (Å²) in [5, 5.41) is 22.8. The van der Waals surface area contributed by atoms with Gasteiger partial charge in [0.2, 0.25) is 0 Å². The van der Waals surface area contributed by atoms with Crippen molar-refractivity contribution in [2.45, 2.75) is 13.8 Å². The lowest BCUT2D eigenvalue weighted by molar-refractivity contribution is 0.234. The van der Waals surface area contributed by atoms with Gasteiger partial charge in [-0.1, -0.05) is 11.2 Å². The van der Waals surface area contributed by atoms with Gasteiger partial charge >= 0.3 is 0 Å². The van der Waals surface area contributed by atoms with Crippen molar-refractivity contribution in [3.05, 3.63) is 47.4 Å². The van der Waals surface area contributed by atoms with Gasteiger partial charge in [-0.15, -0.1) is 0 Å². The number of phenols is 1. The van der Waals surface area contributed by atoms with E-state index in [-0.39, 0.29) is 5.84 Å². The number of benzene rings is 1. The number of amidine groups is 1. The zero-order valence-electron chi connectivity index (χ0n) is 13.9. The molecule has 1 aromatic carbocycles. The minimum absolute atomic E-state index is 0.209. The number of aromatic nitrogens is 2. The maximum Gasteiger partial charge on any atom is 0.169 e. The first kappa shape index (κ1) is 16.7. The number of hydrogen-bond donors (Lipinski definition) is 4. The number of phenolic OH excluding ortho intramolecular Hbond substituents is 1. The fourth-order valence-corrected chi connectivity index (χ4v) is 2.83. The molecule has 0 radical (unpaired) electrons. The molecule has 4 N–H and O–H groups in total. The van der Waals surface area contributed by atoms with Gasteiger partial charge in [-0.25, -0.2) is 4.39 Å². The smallest absolute Gasteiger partial charge is 0.169 e. The number of halogens is 1. The molecule has 0 amide bonds. The number of rotatable bonds is 3. The maximum absolute atomic E-state index is 13.8. The third-order valence-corrected chi connectivity index (χ3v) is 3.99. The molecule has 0 fully saturated rings. The molecule has 0 bridgehead atoms. The van der Waals surface area contributed by atoms with Crippen LogP contribution < -0.4 is 5.48 Å². The first-order chi connectivity index (χ1) is 12.0. The lowest BCUT2D eigenvalue weighted by Crippen LogP contribution is -2.21. The van der Waals surface area contributed by atoms with E-state index in [2.05, 4.69) is 15.1 Å². The average molecular weight is 344 g/mol. The highest BCUT2D eigenvalue weighted by Gasteiger charge is 2.24. The quantitative estimate of drug-likeness (QED) is 0.332. The number of aliphatic imine (C=N–C) groups is 1. The maximum atomic E-state index is 13.8. The van der Waals surface area contributed by atoms with Crippen LogP contribution >= 0.6 is 0 Å². The topological polar surface area (TPSA) is 107 Å². The van der Waals surface area contributed by atoms with Gasteiger partial charge < -0.3 is 14.6 Å². The zero-order chi connectivity index (χ0) is 18.1. The monoisotopic (exact) mass is 344 g/mol. The molecule has 0 saturated carbocycles. The second-order valence-electron chi connectivity index (χ2n) is 5.50. The number of H-pyrrole nitrogens is 1. The van der Waals surface area contributed by atoms with Crippen LogP contribution in [0.4, 0.5) is 4.39 Å². The fourth-order valence-electron chi connectivity index (χ4n) is 2.83. The van der Waals surface area contributed by atoms with E-state index in [0.29, 0.717) is 33.8 Å². The van der Waals surface area contributed by atoms with E-state index in [9.17, 15) is 14.7 Å². The number of nitrogens with zero attached hydrogens (tertiary/aromatic N) is 2. The Hall–Kier alpha value is -3.13. The molecular weight excluding hydrogens is 327 g/mol. The van der Waals surface area contributed by atoms with E-state index in [0.717, 1.165) is 5.56 Å². The molecule has 3 aromatic rings. The predicted molar refractivity (Wildman–Crippen MR) is 90.2 cm³/mol. The molecule has 2 heterocycles. The van der Waals surface area contributed by atoms with Crippen molar-refractivity contribution in [3.8, 4) is 28.0 Å². The number of hydrogen-bond acceptors (Lipinski definition) is 5. The Balaban J connectivity index is 2.32. The molecule has 0 atom stereocenters. The van der Waals surface area contributed by atoms with E-state index in [1.807, 2.05) is 5.48 Å². The van der Waals surface area contributed by atoms with Crippen LogP contribution in [0.5, 0.6) is 5.75 Å². The molecule has 130 valence electrons. The third kappa shape index (κ3) is 2.76. The molecule has 0 aliphatic carbocycles. The second kappa shape index (κ2) is 6.40. The molecule has 2 aromatic heterocycles. The highest BCUT2D eigenvalue weighted by atomic mass is 19.1. The van der Waals surface area contributed by atoms with E-state index < -0.39 is 11.6 Å². The van der Waals surface area contributed by atoms with E-state index >= 15 is 0 Å². The molecule has 3 rings (SSSR count). The Kier molecular flexibility index (Phi) is 4.28. The number of nitrogens with one attached hydrogen (secondary N) is 2. The first-order valence-corrected chi connectivity index (χ1v) is 7.48. The van der Waals surface area contributed by atoms with Crippen LogP contribution in [0.3, 0.4) is 0 Å². The predicted octanol–water partition coefficient (Wildman–Crippen LogP) is 3.15. The molecule has 0 saturated heterocycles. The Labute approximate surface area is 142 Å². The lowest BCUT2D eigenvalue weighted by Gasteiger charge is -2.09. The summed E-state index contributed by atoms with van der Waals surface area (Å²) in [7, 11) is 1.52. The van der Waals surface area contributed by atoms with Crippen molar-refractivity contribution in [3.63, 3.8) is 0 Å². The van der Waals surface area contributed by atoms with Crippen LogP contribution in [0.2, 0.25) is 0 Å². The van der Waals surface area contributed by atoms with Gasteiger partial charge in [-0.3, -0.25) is 15.7 Å². The molecule has 0 unspecified atom stereocenters. The minimum atomic E-state index is -0.727. The van der Waals surface area contributed by atoms with Gasteiger partial charge in [-0.05, 0) is 31.5 Å². The summed E-state index contributed by atoms with van der Waals surface area (Å²) in [6.07, 6.45) is 1.67. The minimum Gasteiger partial charge on any atom is -0.505 e. The van der Waals surface area contributed by atoms with Crippen molar-refractivity contribution < 1.29 is 19.2 Å². The first-order valence-electron chi connectivity index (χ1n) is 7.48. The van der Waals surface area contributed by atoms with Crippen LogP contribution in [0.25, 0.3) is 22.3 Å².